The van der Waals surface area contributed by atoms with E-state index in [0.717, 1.165) is 12.1 Å². The Labute approximate surface area is 105 Å². The molecule has 0 unspecified atom stereocenters. The summed E-state index contributed by atoms with van der Waals surface area (Å²) in [6.45, 7) is 0. The van der Waals surface area contributed by atoms with Crippen LogP contribution >= 0.6 is 11.6 Å². The van der Waals surface area contributed by atoms with Crippen LogP contribution in [0.2, 0.25) is 5.02 Å². The van der Waals surface area contributed by atoms with Crippen LogP contribution in [0.3, 0.4) is 0 Å². The van der Waals surface area contributed by atoms with Gasteiger partial charge in [-0.25, -0.2) is 13.8 Å². The molecule has 0 amide bonds. The highest BCUT2D eigenvalue weighted by Gasteiger charge is 2.19. The molecule has 0 radical (unpaired) electrons. The molecule has 0 saturated heterocycles. The molecule has 92 valence electrons. The Hall–Kier alpha value is -2.08. The predicted octanol–water partition coefficient (Wildman–Crippen LogP) is 3.59. The van der Waals surface area contributed by atoms with Gasteiger partial charge in [-0.15, -0.1) is 0 Å². The summed E-state index contributed by atoms with van der Waals surface area (Å²) in [4.78, 5) is 13.9. The van der Waals surface area contributed by atoms with Crippen LogP contribution in [-0.4, -0.2) is 9.91 Å². The minimum absolute atomic E-state index is 0.0401. The summed E-state index contributed by atoms with van der Waals surface area (Å²) < 4.78 is 26.6. The van der Waals surface area contributed by atoms with Crippen molar-refractivity contribution in [2.75, 3.05) is 0 Å². The quantitative estimate of drug-likeness (QED) is 0.476. The van der Waals surface area contributed by atoms with Crippen LogP contribution in [0.25, 0.3) is 11.3 Å². The van der Waals surface area contributed by atoms with E-state index in [0.29, 0.717) is 0 Å². The highest BCUT2D eigenvalue weighted by atomic mass is 35.5. The molecule has 1 aromatic heterocycles. The van der Waals surface area contributed by atoms with E-state index in [4.69, 9.17) is 11.6 Å². The third-order valence-electron chi connectivity index (χ3n) is 2.24. The number of hydrogen-bond acceptors (Lipinski definition) is 3. The second kappa shape index (κ2) is 4.66. The summed E-state index contributed by atoms with van der Waals surface area (Å²) in [5, 5.41) is 10.1. The Bertz CT molecular complexity index is 611. The molecule has 0 spiro atoms. The van der Waals surface area contributed by atoms with E-state index < -0.39 is 21.6 Å². The van der Waals surface area contributed by atoms with E-state index >= 15 is 0 Å². The first kappa shape index (κ1) is 12.4. The fraction of sp³-hybridized carbons (Fsp3) is 0. The van der Waals surface area contributed by atoms with E-state index in [1.165, 1.54) is 18.3 Å². The van der Waals surface area contributed by atoms with Crippen molar-refractivity contribution in [3.05, 3.63) is 57.2 Å². The van der Waals surface area contributed by atoms with Crippen LogP contribution in [0.5, 0.6) is 0 Å². The zero-order valence-corrected chi connectivity index (χ0v) is 9.49. The van der Waals surface area contributed by atoms with Gasteiger partial charge in [0.1, 0.15) is 22.4 Å². The number of benzene rings is 1. The number of aromatic nitrogens is 1. The van der Waals surface area contributed by atoms with Crippen molar-refractivity contribution < 1.29 is 13.7 Å². The summed E-state index contributed by atoms with van der Waals surface area (Å²) in [6.07, 6.45) is 1.30. The fourth-order valence-corrected chi connectivity index (χ4v) is 1.57. The number of rotatable bonds is 2. The first-order valence-corrected chi connectivity index (χ1v) is 5.13. The molecule has 0 N–H and O–H groups in total. The lowest BCUT2D eigenvalue weighted by Gasteiger charge is -2.04. The van der Waals surface area contributed by atoms with Crippen LogP contribution in [0.4, 0.5) is 14.5 Å². The van der Waals surface area contributed by atoms with E-state index in [9.17, 15) is 18.9 Å². The van der Waals surface area contributed by atoms with Gasteiger partial charge in [-0.1, -0.05) is 11.6 Å². The molecule has 0 bridgehead atoms. The zero-order chi connectivity index (χ0) is 13.3. The normalized spacial score (nSPS) is 10.4. The number of pyridine rings is 1. The third kappa shape index (κ3) is 2.14. The summed E-state index contributed by atoms with van der Waals surface area (Å²) in [5.41, 5.74) is -0.489. The fourth-order valence-electron chi connectivity index (χ4n) is 1.46. The molecule has 1 aromatic carbocycles. The minimum atomic E-state index is -0.994. The Kier molecular flexibility index (Phi) is 3.20. The van der Waals surface area contributed by atoms with Gasteiger partial charge in [-0.05, 0) is 18.2 Å². The maximum absolute atomic E-state index is 13.3. The molecule has 0 atom stereocenters. The molecule has 0 aliphatic heterocycles. The number of nitro groups is 1. The molecule has 1 heterocycles. The van der Waals surface area contributed by atoms with Crippen molar-refractivity contribution in [1.82, 2.24) is 4.98 Å². The van der Waals surface area contributed by atoms with Gasteiger partial charge in [0.2, 0.25) is 0 Å². The first-order chi connectivity index (χ1) is 8.50. The smallest absolute Gasteiger partial charge is 0.258 e. The molecule has 0 aliphatic rings. The van der Waals surface area contributed by atoms with Crippen molar-refractivity contribution >= 4 is 17.3 Å². The molecule has 2 aromatic rings. The predicted molar refractivity (Wildman–Crippen MR) is 61.3 cm³/mol. The summed E-state index contributed by atoms with van der Waals surface area (Å²) in [5.74, 6) is -1.99. The van der Waals surface area contributed by atoms with Gasteiger partial charge >= 0.3 is 0 Å². The highest BCUT2D eigenvalue weighted by molar-refractivity contribution is 6.31. The SMILES string of the molecule is O=[N+]([O-])c1cccnc1-c1cc(F)c(Cl)c(F)c1. The average Bonchev–Trinajstić information content (AvgIpc) is 2.35. The van der Waals surface area contributed by atoms with Crippen molar-refractivity contribution in [2.45, 2.75) is 0 Å². The van der Waals surface area contributed by atoms with Gasteiger partial charge in [0.05, 0.1) is 4.92 Å². The van der Waals surface area contributed by atoms with Crippen molar-refractivity contribution in [3.8, 4) is 11.3 Å². The third-order valence-corrected chi connectivity index (χ3v) is 2.60. The van der Waals surface area contributed by atoms with Crippen molar-refractivity contribution in [1.29, 1.82) is 0 Å². The van der Waals surface area contributed by atoms with Gasteiger partial charge in [0, 0.05) is 17.8 Å². The Morgan fingerprint density at radius 3 is 2.44 bits per heavy atom. The standard InChI is InChI=1S/C11H5ClF2N2O2/c12-10-7(13)4-6(5-8(10)14)11-9(16(17)18)2-1-3-15-11/h1-5H. The van der Waals surface area contributed by atoms with Crippen molar-refractivity contribution in [3.63, 3.8) is 0 Å². The van der Waals surface area contributed by atoms with Gasteiger partial charge in [-0.3, -0.25) is 10.1 Å². The molecule has 0 aliphatic carbocycles. The zero-order valence-electron chi connectivity index (χ0n) is 8.73. The van der Waals surface area contributed by atoms with E-state index in [-0.39, 0.29) is 16.9 Å². The lowest BCUT2D eigenvalue weighted by molar-refractivity contribution is -0.384. The number of hydrogen-bond donors (Lipinski definition) is 0. The second-order valence-electron chi connectivity index (χ2n) is 3.38. The van der Waals surface area contributed by atoms with Crippen LogP contribution in [0, 0.1) is 21.7 Å². The molecule has 18 heavy (non-hydrogen) atoms. The maximum Gasteiger partial charge on any atom is 0.295 e. The Balaban J connectivity index is 2.66. The van der Waals surface area contributed by atoms with Gasteiger partial charge in [-0.2, -0.15) is 0 Å². The van der Waals surface area contributed by atoms with E-state index in [2.05, 4.69) is 4.98 Å². The lowest BCUT2D eigenvalue weighted by atomic mass is 10.1. The molecule has 0 saturated carbocycles. The van der Waals surface area contributed by atoms with Gasteiger partial charge in [0.25, 0.3) is 5.69 Å². The first-order valence-electron chi connectivity index (χ1n) is 4.75. The summed E-state index contributed by atoms with van der Waals surface area (Å²) >= 11 is 5.34. The van der Waals surface area contributed by atoms with Gasteiger partial charge in [0.15, 0.2) is 0 Å². The molecule has 4 nitrogen and oxygen atoms in total. The van der Waals surface area contributed by atoms with E-state index in [1.807, 2.05) is 0 Å². The second-order valence-corrected chi connectivity index (χ2v) is 3.76. The molecule has 2 rings (SSSR count). The highest BCUT2D eigenvalue weighted by Crippen LogP contribution is 2.31. The number of halogens is 3. The van der Waals surface area contributed by atoms with Crippen LogP contribution < -0.4 is 0 Å². The summed E-state index contributed by atoms with van der Waals surface area (Å²) in [7, 11) is 0. The largest absolute Gasteiger partial charge is 0.295 e. The maximum atomic E-state index is 13.3. The van der Waals surface area contributed by atoms with Gasteiger partial charge < -0.3 is 0 Å². The van der Waals surface area contributed by atoms with Crippen LogP contribution in [-0.2, 0) is 0 Å². The van der Waals surface area contributed by atoms with Crippen LogP contribution in [0.15, 0.2) is 30.5 Å². The molecule has 7 heteroatoms. The molecular weight excluding hydrogens is 266 g/mol. The summed E-state index contributed by atoms with van der Waals surface area (Å²) in [6, 6.07) is 4.37. The number of nitrogens with zero attached hydrogens (tertiary/aromatic N) is 2. The minimum Gasteiger partial charge on any atom is -0.258 e. The van der Waals surface area contributed by atoms with Crippen LogP contribution in [0.1, 0.15) is 0 Å². The Morgan fingerprint density at radius 1 is 1.28 bits per heavy atom. The van der Waals surface area contributed by atoms with E-state index in [1.54, 1.807) is 0 Å². The lowest BCUT2D eigenvalue weighted by Crippen LogP contribution is -1.95. The average molecular weight is 271 g/mol. The molecule has 0 fully saturated rings. The Morgan fingerprint density at radius 2 is 1.89 bits per heavy atom. The molecular formula is C11H5ClF2N2O2. The monoisotopic (exact) mass is 270 g/mol. The topological polar surface area (TPSA) is 56.0 Å². The van der Waals surface area contributed by atoms with Crippen molar-refractivity contribution in [2.24, 2.45) is 0 Å².